The van der Waals surface area contributed by atoms with Crippen molar-refractivity contribution < 1.29 is 14.8 Å². The molecule has 0 radical (unpaired) electrons. The third-order valence-electron chi connectivity index (χ3n) is 4.95. The molecule has 1 aliphatic rings. The van der Waals surface area contributed by atoms with Crippen molar-refractivity contribution in [1.29, 1.82) is 0 Å². The summed E-state index contributed by atoms with van der Waals surface area (Å²) in [5, 5.41) is 8.41. The summed E-state index contributed by atoms with van der Waals surface area (Å²) in [6, 6.07) is 10.5. The molecule has 0 atom stereocenters. The summed E-state index contributed by atoms with van der Waals surface area (Å²) in [6.07, 6.45) is 5.47. The van der Waals surface area contributed by atoms with Crippen molar-refractivity contribution >= 4 is 11.8 Å². The Hall–Kier alpha value is -1.92. The Bertz CT molecular complexity index is 542. The Kier molecular flexibility index (Phi) is 9.14. The highest BCUT2D eigenvalue weighted by molar-refractivity contribution is 5.76. The van der Waals surface area contributed by atoms with Crippen molar-refractivity contribution in [2.45, 2.75) is 44.9 Å². The van der Waals surface area contributed by atoms with Crippen molar-refractivity contribution in [3.8, 4) is 0 Å². The smallest absolute Gasteiger partial charge is 0.243 e. The van der Waals surface area contributed by atoms with Crippen LogP contribution in [-0.2, 0) is 16.0 Å². The third kappa shape index (κ3) is 7.54. The summed E-state index contributed by atoms with van der Waals surface area (Å²) in [5.74, 6) is -0.0907. The van der Waals surface area contributed by atoms with E-state index in [1.807, 2.05) is 11.0 Å². The molecule has 0 spiro atoms. The van der Waals surface area contributed by atoms with E-state index in [1.54, 1.807) is 5.48 Å². The number of carbonyl (C=O) groups is 2. The molecule has 6 nitrogen and oxygen atoms in total. The first kappa shape index (κ1) is 20.4. The van der Waals surface area contributed by atoms with Crippen LogP contribution in [0.4, 0.5) is 0 Å². The molecular weight excluding hydrogens is 330 g/mol. The van der Waals surface area contributed by atoms with Crippen LogP contribution in [0.1, 0.15) is 44.1 Å². The van der Waals surface area contributed by atoms with Crippen LogP contribution in [0, 0.1) is 0 Å². The quantitative estimate of drug-likeness (QED) is 0.381. The summed E-state index contributed by atoms with van der Waals surface area (Å²) >= 11 is 0. The first-order valence-electron chi connectivity index (χ1n) is 9.66. The molecule has 26 heavy (non-hydrogen) atoms. The van der Waals surface area contributed by atoms with E-state index in [2.05, 4.69) is 29.2 Å². The summed E-state index contributed by atoms with van der Waals surface area (Å²) in [7, 11) is 0. The van der Waals surface area contributed by atoms with Gasteiger partial charge in [0.2, 0.25) is 11.8 Å². The minimum Gasteiger partial charge on any atom is -0.340 e. The molecular formula is C20H31N3O3. The summed E-state index contributed by atoms with van der Waals surface area (Å²) < 4.78 is 0. The van der Waals surface area contributed by atoms with E-state index < -0.39 is 0 Å². The molecule has 0 bridgehead atoms. The number of rotatable bonds is 10. The molecule has 2 amide bonds. The zero-order chi connectivity index (χ0) is 18.6. The number of unbranched alkanes of at least 4 members (excludes halogenated alkanes) is 3. The predicted molar refractivity (Wildman–Crippen MR) is 101 cm³/mol. The van der Waals surface area contributed by atoms with Gasteiger partial charge in [-0.15, -0.1) is 0 Å². The second-order valence-corrected chi connectivity index (χ2v) is 6.91. The molecule has 2 N–H and O–H groups in total. The standard InChI is InChI=1S/C20H31N3O3/c24-19(21-26)10-6-1-2-7-11-20(25)23-16-14-22(15-17-23)13-12-18-8-4-3-5-9-18/h3-5,8-9,26H,1-2,6-7,10-17H2,(H,21,24). The fourth-order valence-electron chi connectivity index (χ4n) is 3.28. The molecule has 0 aliphatic carbocycles. The Labute approximate surface area is 156 Å². The Morgan fingerprint density at radius 2 is 1.58 bits per heavy atom. The van der Waals surface area contributed by atoms with Gasteiger partial charge in [-0.05, 0) is 24.8 Å². The number of carbonyl (C=O) groups excluding carboxylic acids is 2. The number of benzene rings is 1. The molecule has 144 valence electrons. The van der Waals surface area contributed by atoms with Crippen molar-refractivity contribution in [2.24, 2.45) is 0 Å². The number of hydroxylamine groups is 1. The number of piperazine rings is 1. The van der Waals surface area contributed by atoms with Gasteiger partial charge in [0, 0.05) is 45.6 Å². The SMILES string of the molecule is O=C(CCCCCCC(=O)N1CCN(CCc2ccccc2)CC1)NO. The lowest BCUT2D eigenvalue weighted by Gasteiger charge is -2.34. The number of hydrogen-bond acceptors (Lipinski definition) is 4. The van der Waals surface area contributed by atoms with Gasteiger partial charge in [0.1, 0.15) is 0 Å². The Morgan fingerprint density at radius 3 is 2.23 bits per heavy atom. The van der Waals surface area contributed by atoms with Crippen molar-refractivity contribution in [1.82, 2.24) is 15.3 Å². The number of amides is 2. The molecule has 6 heteroatoms. The normalized spacial score (nSPS) is 15.0. The van der Waals surface area contributed by atoms with Gasteiger partial charge in [-0.25, -0.2) is 5.48 Å². The van der Waals surface area contributed by atoms with E-state index in [1.165, 1.54) is 5.56 Å². The predicted octanol–water partition coefficient (Wildman–Crippen LogP) is 2.22. The zero-order valence-electron chi connectivity index (χ0n) is 15.5. The van der Waals surface area contributed by atoms with Gasteiger partial charge >= 0.3 is 0 Å². The van der Waals surface area contributed by atoms with Crippen molar-refractivity contribution in [3.63, 3.8) is 0 Å². The largest absolute Gasteiger partial charge is 0.340 e. The van der Waals surface area contributed by atoms with E-state index in [-0.39, 0.29) is 11.8 Å². The highest BCUT2D eigenvalue weighted by atomic mass is 16.5. The zero-order valence-corrected chi connectivity index (χ0v) is 15.5. The monoisotopic (exact) mass is 361 g/mol. The van der Waals surface area contributed by atoms with Gasteiger partial charge < -0.3 is 4.90 Å². The fourth-order valence-corrected chi connectivity index (χ4v) is 3.28. The molecule has 1 aromatic carbocycles. The van der Waals surface area contributed by atoms with E-state index in [0.717, 1.165) is 64.8 Å². The van der Waals surface area contributed by atoms with E-state index >= 15 is 0 Å². The molecule has 1 heterocycles. The van der Waals surface area contributed by atoms with Crippen LogP contribution in [0.25, 0.3) is 0 Å². The van der Waals surface area contributed by atoms with Crippen molar-refractivity contribution in [2.75, 3.05) is 32.7 Å². The van der Waals surface area contributed by atoms with Crippen LogP contribution in [0.3, 0.4) is 0 Å². The molecule has 0 aromatic heterocycles. The minimum atomic E-state index is -0.341. The number of nitrogens with zero attached hydrogens (tertiary/aromatic N) is 2. The first-order valence-corrected chi connectivity index (χ1v) is 9.66. The maximum Gasteiger partial charge on any atom is 0.243 e. The molecule has 1 aliphatic heterocycles. The van der Waals surface area contributed by atoms with Crippen LogP contribution in [0.2, 0.25) is 0 Å². The van der Waals surface area contributed by atoms with E-state index in [9.17, 15) is 9.59 Å². The van der Waals surface area contributed by atoms with Crippen LogP contribution < -0.4 is 5.48 Å². The van der Waals surface area contributed by atoms with Gasteiger partial charge in [-0.1, -0.05) is 43.2 Å². The minimum absolute atomic E-state index is 0.251. The van der Waals surface area contributed by atoms with E-state index in [0.29, 0.717) is 12.8 Å². The lowest BCUT2D eigenvalue weighted by Crippen LogP contribution is -2.49. The summed E-state index contributed by atoms with van der Waals surface area (Å²) in [4.78, 5) is 27.6. The van der Waals surface area contributed by atoms with Gasteiger partial charge in [-0.2, -0.15) is 0 Å². The second kappa shape index (κ2) is 11.6. The van der Waals surface area contributed by atoms with Crippen molar-refractivity contribution in [3.05, 3.63) is 35.9 Å². The Morgan fingerprint density at radius 1 is 0.923 bits per heavy atom. The Balaban J connectivity index is 1.53. The number of nitrogens with one attached hydrogen (secondary N) is 1. The maximum atomic E-state index is 12.3. The topological polar surface area (TPSA) is 72.9 Å². The first-order chi connectivity index (χ1) is 12.7. The molecule has 0 unspecified atom stereocenters. The third-order valence-corrected chi connectivity index (χ3v) is 4.95. The van der Waals surface area contributed by atoms with Crippen LogP contribution in [-0.4, -0.2) is 59.5 Å². The van der Waals surface area contributed by atoms with Gasteiger partial charge in [0.05, 0.1) is 0 Å². The molecule has 1 aromatic rings. The van der Waals surface area contributed by atoms with Gasteiger partial charge in [0.25, 0.3) is 0 Å². The average molecular weight is 361 g/mol. The van der Waals surface area contributed by atoms with Gasteiger partial charge in [0.15, 0.2) is 0 Å². The lowest BCUT2D eigenvalue weighted by molar-refractivity contribution is -0.133. The highest BCUT2D eigenvalue weighted by Gasteiger charge is 2.20. The molecule has 2 rings (SSSR count). The van der Waals surface area contributed by atoms with E-state index in [4.69, 9.17) is 5.21 Å². The number of hydrogen-bond donors (Lipinski definition) is 2. The highest BCUT2D eigenvalue weighted by Crippen LogP contribution is 2.10. The fraction of sp³-hybridized carbons (Fsp3) is 0.600. The molecule has 1 saturated heterocycles. The molecule has 0 saturated carbocycles. The maximum absolute atomic E-state index is 12.3. The average Bonchev–Trinajstić information content (AvgIpc) is 2.69. The van der Waals surface area contributed by atoms with Crippen LogP contribution in [0.15, 0.2) is 30.3 Å². The summed E-state index contributed by atoms with van der Waals surface area (Å²) in [5.41, 5.74) is 3.00. The van der Waals surface area contributed by atoms with Crippen LogP contribution >= 0.6 is 0 Å². The summed E-state index contributed by atoms with van der Waals surface area (Å²) in [6.45, 7) is 4.60. The molecule has 1 fully saturated rings. The van der Waals surface area contributed by atoms with Crippen LogP contribution in [0.5, 0.6) is 0 Å². The second-order valence-electron chi connectivity index (χ2n) is 6.91. The van der Waals surface area contributed by atoms with Gasteiger partial charge in [-0.3, -0.25) is 19.7 Å². The lowest BCUT2D eigenvalue weighted by atomic mass is 10.1.